The van der Waals surface area contributed by atoms with Crippen molar-refractivity contribution < 1.29 is 17.6 Å². The van der Waals surface area contributed by atoms with E-state index in [0.717, 1.165) is 41.3 Å². The Morgan fingerprint density at radius 2 is 1.94 bits per heavy atom. The number of fused-ring (bicyclic) bond motifs is 1. The van der Waals surface area contributed by atoms with Crippen LogP contribution in [0, 0.1) is 12.7 Å². The molecule has 0 spiro atoms. The quantitative estimate of drug-likeness (QED) is 0.615. The van der Waals surface area contributed by atoms with E-state index < -0.39 is 21.7 Å². The number of hydrogen-bond acceptors (Lipinski definition) is 4. The molecule has 4 rings (SSSR count). The number of likely N-dealkylation sites (N-methyl/N-ethyl adjacent to an activating group) is 1. The summed E-state index contributed by atoms with van der Waals surface area (Å²) in [6.07, 6.45) is 4.64. The van der Waals surface area contributed by atoms with Crippen molar-refractivity contribution in [2.45, 2.75) is 37.1 Å². The van der Waals surface area contributed by atoms with Crippen molar-refractivity contribution in [3.05, 3.63) is 77.2 Å². The van der Waals surface area contributed by atoms with Crippen LogP contribution in [-0.4, -0.2) is 42.0 Å². The first-order chi connectivity index (χ1) is 15.3. The van der Waals surface area contributed by atoms with Crippen LogP contribution in [0.1, 0.15) is 35.6 Å². The lowest BCUT2D eigenvalue weighted by atomic mass is 9.88. The van der Waals surface area contributed by atoms with Gasteiger partial charge in [-0.1, -0.05) is 24.3 Å². The molecule has 32 heavy (non-hydrogen) atoms. The largest absolute Gasteiger partial charge is 0.310 e. The molecule has 1 unspecified atom stereocenters. The Bertz CT molecular complexity index is 1240. The van der Waals surface area contributed by atoms with Gasteiger partial charge >= 0.3 is 0 Å². The summed E-state index contributed by atoms with van der Waals surface area (Å²) < 4.78 is 41.3. The van der Waals surface area contributed by atoms with Gasteiger partial charge in [-0.3, -0.25) is 4.79 Å². The second-order valence-corrected chi connectivity index (χ2v) is 10.0. The maximum Gasteiger partial charge on any atom is 0.243 e. The number of halogens is 1. The molecule has 3 aromatic rings. The van der Waals surface area contributed by atoms with Crippen LogP contribution in [0.2, 0.25) is 0 Å². The zero-order valence-electron chi connectivity index (χ0n) is 18.0. The van der Waals surface area contributed by atoms with Crippen molar-refractivity contribution in [2.24, 2.45) is 0 Å². The van der Waals surface area contributed by atoms with Gasteiger partial charge in [-0.15, -0.1) is 0 Å². The molecule has 2 aromatic carbocycles. The minimum Gasteiger partial charge on any atom is -0.310 e. The van der Waals surface area contributed by atoms with Crippen molar-refractivity contribution >= 4 is 21.7 Å². The summed E-state index contributed by atoms with van der Waals surface area (Å²) in [6, 6.07) is 12.7. The number of carbonyl (C=O) groups is 1. The molecule has 0 aliphatic heterocycles. The molecular formula is C23H25FN4O3S. The Hall–Kier alpha value is -3.04. The van der Waals surface area contributed by atoms with E-state index in [1.807, 2.05) is 23.7 Å². The summed E-state index contributed by atoms with van der Waals surface area (Å²) >= 11 is 0. The lowest BCUT2D eigenvalue weighted by Crippen LogP contribution is -2.35. The highest BCUT2D eigenvalue weighted by atomic mass is 32.2. The van der Waals surface area contributed by atoms with Crippen molar-refractivity contribution in [1.82, 2.24) is 14.1 Å². The molecule has 0 saturated carbocycles. The van der Waals surface area contributed by atoms with Crippen LogP contribution in [-0.2, 0) is 21.2 Å². The van der Waals surface area contributed by atoms with Gasteiger partial charge in [0, 0.05) is 12.6 Å². The van der Waals surface area contributed by atoms with Gasteiger partial charge in [-0.05, 0) is 61.6 Å². The molecule has 0 fully saturated rings. The van der Waals surface area contributed by atoms with Crippen molar-refractivity contribution in [3.8, 4) is 0 Å². The lowest BCUT2D eigenvalue weighted by molar-refractivity contribution is -0.116. The Balaban J connectivity index is 1.53. The third-order valence-corrected chi connectivity index (χ3v) is 7.57. The van der Waals surface area contributed by atoms with Gasteiger partial charge in [0.1, 0.15) is 11.6 Å². The summed E-state index contributed by atoms with van der Waals surface area (Å²) in [5.74, 6) is -0.450. The maximum atomic E-state index is 13.1. The second-order valence-electron chi connectivity index (χ2n) is 7.99. The number of amides is 1. The smallest absolute Gasteiger partial charge is 0.243 e. The van der Waals surface area contributed by atoms with Crippen LogP contribution in [0.25, 0.3) is 0 Å². The van der Waals surface area contributed by atoms with Gasteiger partial charge < -0.3 is 5.32 Å². The monoisotopic (exact) mass is 456 g/mol. The van der Waals surface area contributed by atoms with Crippen molar-refractivity contribution in [3.63, 3.8) is 0 Å². The summed E-state index contributed by atoms with van der Waals surface area (Å²) in [5.41, 5.74) is 3.26. The van der Waals surface area contributed by atoms with E-state index in [1.54, 1.807) is 6.20 Å². The zero-order valence-corrected chi connectivity index (χ0v) is 18.8. The molecule has 0 radical (unpaired) electrons. The number of nitrogens with zero attached hydrogens (tertiary/aromatic N) is 3. The fraction of sp³-hybridized carbons (Fsp3) is 0.304. The molecule has 1 atom stereocenters. The van der Waals surface area contributed by atoms with Crippen LogP contribution in [0.4, 0.5) is 10.2 Å². The Labute approximate surface area is 186 Å². The number of aromatic nitrogens is 2. The Kier molecular flexibility index (Phi) is 6.12. The van der Waals surface area contributed by atoms with E-state index in [9.17, 15) is 17.6 Å². The highest BCUT2D eigenvalue weighted by molar-refractivity contribution is 7.89. The summed E-state index contributed by atoms with van der Waals surface area (Å²) in [6.45, 7) is 1.47. The minimum absolute atomic E-state index is 0.00428. The van der Waals surface area contributed by atoms with E-state index in [1.165, 1.54) is 30.3 Å². The fourth-order valence-corrected chi connectivity index (χ4v) is 5.20. The molecular weight excluding hydrogens is 431 g/mol. The van der Waals surface area contributed by atoms with Gasteiger partial charge in [-0.25, -0.2) is 17.5 Å². The Morgan fingerprint density at radius 3 is 2.69 bits per heavy atom. The van der Waals surface area contributed by atoms with E-state index in [2.05, 4.69) is 22.5 Å². The SMILES string of the molecule is Cc1cnn(C2CCCc3ccccc32)c1NC(=O)CN(C)S(=O)(=O)c1ccc(F)cc1. The zero-order chi connectivity index (χ0) is 22.9. The molecule has 0 saturated heterocycles. The number of nitrogens with one attached hydrogen (secondary N) is 1. The highest BCUT2D eigenvalue weighted by Crippen LogP contribution is 2.35. The molecule has 1 N–H and O–H groups in total. The maximum absolute atomic E-state index is 13.1. The van der Waals surface area contributed by atoms with Gasteiger partial charge in [0.25, 0.3) is 0 Å². The van der Waals surface area contributed by atoms with Crippen LogP contribution in [0.3, 0.4) is 0 Å². The van der Waals surface area contributed by atoms with E-state index >= 15 is 0 Å². The molecule has 1 aliphatic carbocycles. The average Bonchev–Trinajstić information content (AvgIpc) is 3.13. The second kappa shape index (κ2) is 8.84. The molecule has 0 bridgehead atoms. The van der Waals surface area contributed by atoms with E-state index in [-0.39, 0.29) is 17.5 Å². The number of carbonyl (C=O) groups excluding carboxylic acids is 1. The predicted molar refractivity (Wildman–Crippen MR) is 119 cm³/mol. The van der Waals surface area contributed by atoms with Crippen LogP contribution in [0.15, 0.2) is 59.6 Å². The Morgan fingerprint density at radius 1 is 1.22 bits per heavy atom. The number of rotatable bonds is 6. The minimum atomic E-state index is -3.93. The number of sulfonamides is 1. The standard InChI is InChI=1S/C23H25FN4O3S/c1-16-14-25-28(21-9-5-7-17-6-3-4-8-20(17)21)23(16)26-22(29)15-27(2)32(30,31)19-12-10-18(24)11-13-19/h3-4,6,8,10-14,21H,5,7,9,15H2,1-2H3,(H,26,29). The summed E-state index contributed by atoms with van der Waals surface area (Å²) in [4.78, 5) is 12.7. The van der Waals surface area contributed by atoms with Gasteiger partial charge in [-0.2, -0.15) is 9.40 Å². The number of benzene rings is 2. The van der Waals surface area contributed by atoms with Crippen LogP contribution < -0.4 is 5.32 Å². The van der Waals surface area contributed by atoms with Crippen LogP contribution >= 0.6 is 0 Å². The van der Waals surface area contributed by atoms with Crippen LogP contribution in [0.5, 0.6) is 0 Å². The van der Waals surface area contributed by atoms with Crippen molar-refractivity contribution in [2.75, 3.05) is 18.9 Å². The third-order valence-electron chi connectivity index (χ3n) is 5.76. The number of hydrogen-bond donors (Lipinski definition) is 1. The topological polar surface area (TPSA) is 84.3 Å². The summed E-state index contributed by atoms with van der Waals surface area (Å²) in [7, 11) is -2.61. The molecule has 1 amide bonds. The molecule has 1 aliphatic rings. The van der Waals surface area contributed by atoms with Crippen molar-refractivity contribution in [1.29, 1.82) is 0 Å². The first-order valence-corrected chi connectivity index (χ1v) is 11.8. The van der Waals surface area contributed by atoms with Gasteiger partial charge in [0.15, 0.2) is 0 Å². The predicted octanol–water partition coefficient (Wildman–Crippen LogP) is 3.52. The highest BCUT2D eigenvalue weighted by Gasteiger charge is 2.27. The first kappa shape index (κ1) is 22.2. The molecule has 7 nitrogen and oxygen atoms in total. The normalized spacial score (nSPS) is 16.1. The fourth-order valence-electron chi connectivity index (χ4n) is 4.07. The molecule has 9 heteroatoms. The molecule has 1 heterocycles. The molecule has 168 valence electrons. The third kappa shape index (κ3) is 4.31. The number of aryl methyl sites for hydroxylation is 2. The number of anilines is 1. The van der Waals surface area contributed by atoms with E-state index in [0.29, 0.717) is 5.82 Å². The molecule has 1 aromatic heterocycles. The van der Waals surface area contributed by atoms with E-state index in [4.69, 9.17) is 0 Å². The summed E-state index contributed by atoms with van der Waals surface area (Å²) in [5, 5.41) is 7.36. The average molecular weight is 457 g/mol. The van der Waals surface area contributed by atoms with Gasteiger partial charge in [0.05, 0.1) is 23.7 Å². The lowest BCUT2D eigenvalue weighted by Gasteiger charge is -2.27. The van der Waals surface area contributed by atoms with Gasteiger partial charge in [0.2, 0.25) is 15.9 Å². The first-order valence-electron chi connectivity index (χ1n) is 10.4.